The van der Waals surface area contributed by atoms with Crippen LogP contribution >= 0.6 is 0 Å². The van der Waals surface area contributed by atoms with Crippen molar-refractivity contribution in [2.24, 2.45) is 5.92 Å². The highest BCUT2D eigenvalue weighted by atomic mass is 15.1. The summed E-state index contributed by atoms with van der Waals surface area (Å²) in [5, 5.41) is 3.45. The maximum absolute atomic E-state index is 5.36. The van der Waals surface area contributed by atoms with Crippen LogP contribution in [0, 0.1) is 18.3 Å². The average Bonchev–Trinajstić information content (AvgIpc) is 2.01. The first kappa shape index (κ1) is 13.5. The number of likely N-dealkylation sites (N-methyl/N-ethyl adjacent to an activating group) is 1. The van der Waals surface area contributed by atoms with Crippen molar-refractivity contribution in [2.45, 2.75) is 39.3 Å². The molecule has 82 valence electrons. The number of nitrogens with one attached hydrogen (secondary N) is 1. The first-order valence-electron chi connectivity index (χ1n) is 5.32. The molecule has 0 aromatic heterocycles. The van der Waals surface area contributed by atoms with Crippen molar-refractivity contribution in [3.8, 4) is 12.3 Å². The fourth-order valence-corrected chi connectivity index (χ4v) is 1.61. The topological polar surface area (TPSA) is 15.3 Å². The van der Waals surface area contributed by atoms with Gasteiger partial charge >= 0.3 is 0 Å². The minimum atomic E-state index is 0.165. The Morgan fingerprint density at radius 2 is 1.86 bits per heavy atom. The summed E-state index contributed by atoms with van der Waals surface area (Å²) < 4.78 is 0. The van der Waals surface area contributed by atoms with Crippen LogP contribution in [0.5, 0.6) is 0 Å². The lowest BCUT2D eigenvalue weighted by Gasteiger charge is -2.25. The third kappa shape index (κ3) is 6.94. The first-order chi connectivity index (χ1) is 6.45. The molecule has 2 heteroatoms. The van der Waals surface area contributed by atoms with Gasteiger partial charge in [0.1, 0.15) is 0 Å². The highest BCUT2D eigenvalue weighted by Crippen LogP contribution is 2.06. The van der Waals surface area contributed by atoms with E-state index in [0.29, 0.717) is 12.0 Å². The molecule has 0 spiro atoms. The van der Waals surface area contributed by atoms with Crippen LogP contribution < -0.4 is 5.32 Å². The normalized spacial score (nSPS) is 15.6. The van der Waals surface area contributed by atoms with Crippen molar-refractivity contribution in [1.82, 2.24) is 10.2 Å². The molecule has 2 unspecified atom stereocenters. The third-order valence-corrected chi connectivity index (χ3v) is 2.08. The molecule has 0 aliphatic carbocycles. The molecule has 1 N–H and O–H groups in total. The molecular weight excluding hydrogens is 172 g/mol. The predicted octanol–water partition coefficient (Wildman–Crippen LogP) is 1.57. The molecule has 0 rings (SSSR count). The van der Waals surface area contributed by atoms with E-state index in [2.05, 4.69) is 44.1 Å². The molecule has 0 amide bonds. The van der Waals surface area contributed by atoms with Crippen molar-refractivity contribution in [3.05, 3.63) is 0 Å². The lowest BCUT2D eigenvalue weighted by atomic mass is 10.0. The van der Waals surface area contributed by atoms with Gasteiger partial charge in [-0.05, 0) is 33.4 Å². The average molecular weight is 196 g/mol. The second kappa shape index (κ2) is 6.86. The number of rotatable bonds is 6. The van der Waals surface area contributed by atoms with Crippen LogP contribution in [0.1, 0.15) is 27.2 Å². The van der Waals surface area contributed by atoms with E-state index in [1.165, 1.54) is 6.42 Å². The van der Waals surface area contributed by atoms with Crippen LogP contribution in [-0.4, -0.2) is 37.6 Å². The van der Waals surface area contributed by atoms with Gasteiger partial charge in [0.2, 0.25) is 0 Å². The summed E-state index contributed by atoms with van der Waals surface area (Å²) in [6.07, 6.45) is 6.53. The summed E-state index contributed by atoms with van der Waals surface area (Å²) in [4.78, 5) is 2.20. The van der Waals surface area contributed by atoms with E-state index in [4.69, 9.17) is 6.42 Å². The molecule has 0 radical (unpaired) electrons. The van der Waals surface area contributed by atoms with Gasteiger partial charge in [0.25, 0.3) is 0 Å². The van der Waals surface area contributed by atoms with Crippen LogP contribution in [0.2, 0.25) is 0 Å². The van der Waals surface area contributed by atoms with E-state index in [1.54, 1.807) is 0 Å². The second-order valence-corrected chi connectivity index (χ2v) is 4.64. The largest absolute Gasteiger partial charge is 0.308 e. The van der Waals surface area contributed by atoms with Crippen molar-refractivity contribution in [3.63, 3.8) is 0 Å². The molecule has 14 heavy (non-hydrogen) atoms. The van der Waals surface area contributed by atoms with E-state index in [0.717, 1.165) is 6.54 Å². The Kier molecular flexibility index (Phi) is 6.61. The SMILES string of the molecule is C#CC(C)NC(CC(C)C)CN(C)C. The number of hydrogen-bond donors (Lipinski definition) is 1. The minimum Gasteiger partial charge on any atom is -0.308 e. The van der Waals surface area contributed by atoms with Crippen LogP contribution in [0.4, 0.5) is 0 Å². The van der Waals surface area contributed by atoms with E-state index in [-0.39, 0.29) is 6.04 Å². The number of nitrogens with zero attached hydrogens (tertiary/aromatic N) is 1. The zero-order valence-electron chi connectivity index (χ0n) is 10.2. The van der Waals surface area contributed by atoms with Gasteiger partial charge in [-0.15, -0.1) is 6.42 Å². The van der Waals surface area contributed by atoms with E-state index < -0.39 is 0 Å². The Hall–Kier alpha value is -0.520. The minimum absolute atomic E-state index is 0.165. The Balaban J connectivity index is 4.04. The van der Waals surface area contributed by atoms with E-state index in [9.17, 15) is 0 Å². The molecular formula is C12H24N2. The first-order valence-corrected chi connectivity index (χ1v) is 5.32. The predicted molar refractivity (Wildman–Crippen MR) is 63.2 cm³/mol. The van der Waals surface area contributed by atoms with Crippen LogP contribution in [0.25, 0.3) is 0 Å². The Morgan fingerprint density at radius 3 is 2.21 bits per heavy atom. The Labute approximate surface area is 89.1 Å². The van der Waals surface area contributed by atoms with Crippen molar-refractivity contribution in [1.29, 1.82) is 0 Å². The zero-order chi connectivity index (χ0) is 11.1. The summed E-state index contributed by atoms with van der Waals surface area (Å²) in [6.45, 7) is 7.56. The van der Waals surface area contributed by atoms with Crippen molar-refractivity contribution in [2.75, 3.05) is 20.6 Å². The van der Waals surface area contributed by atoms with Gasteiger partial charge in [0.05, 0.1) is 6.04 Å². The molecule has 0 aliphatic heterocycles. The van der Waals surface area contributed by atoms with Gasteiger partial charge in [-0.3, -0.25) is 5.32 Å². The third-order valence-electron chi connectivity index (χ3n) is 2.08. The van der Waals surface area contributed by atoms with E-state index >= 15 is 0 Å². The highest BCUT2D eigenvalue weighted by Gasteiger charge is 2.13. The van der Waals surface area contributed by atoms with E-state index in [1.807, 2.05) is 6.92 Å². The maximum atomic E-state index is 5.36. The molecule has 2 atom stereocenters. The molecule has 0 aromatic rings. The molecule has 0 bridgehead atoms. The van der Waals surface area contributed by atoms with Crippen LogP contribution in [-0.2, 0) is 0 Å². The fraction of sp³-hybridized carbons (Fsp3) is 0.833. The summed E-state index contributed by atoms with van der Waals surface area (Å²) in [5.74, 6) is 3.42. The van der Waals surface area contributed by atoms with Gasteiger partial charge < -0.3 is 4.90 Å². The summed E-state index contributed by atoms with van der Waals surface area (Å²) in [5.41, 5.74) is 0. The van der Waals surface area contributed by atoms with Crippen LogP contribution in [0.15, 0.2) is 0 Å². The second-order valence-electron chi connectivity index (χ2n) is 4.64. The molecule has 0 saturated carbocycles. The molecule has 0 fully saturated rings. The molecule has 0 aromatic carbocycles. The quantitative estimate of drug-likeness (QED) is 0.649. The highest BCUT2D eigenvalue weighted by molar-refractivity contribution is 4.97. The molecule has 2 nitrogen and oxygen atoms in total. The molecule has 0 aliphatic rings. The zero-order valence-corrected chi connectivity index (χ0v) is 10.2. The summed E-state index contributed by atoms with van der Waals surface area (Å²) in [7, 11) is 4.19. The van der Waals surface area contributed by atoms with Gasteiger partial charge in [-0.1, -0.05) is 19.8 Å². The smallest absolute Gasteiger partial charge is 0.0660 e. The van der Waals surface area contributed by atoms with Gasteiger partial charge in [-0.25, -0.2) is 0 Å². The van der Waals surface area contributed by atoms with Gasteiger partial charge in [0, 0.05) is 12.6 Å². The van der Waals surface area contributed by atoms with Gasteiger partial charge in [0.15, 0.2) is 0 Å². The standard InChI is InChI=1S/C12H24N2/c1-7-11(4)13-12(8-10(2)3)9-14(5)6/h1,10-13H,8-9H2,2-6H3. The maximum Gasteiger partial charge on any atom is 0.0660 e. The number of hydrogen-bond acceptors (Lipinski definition) is 2. The number of terminal acetylenes is 1. The summed E-state index contributed by atoms with van der Waals surface area (Å²) >= 11 is 0. The van der Waals surface area contributed by atoms with Crippen molar-refractivity contribution >= 4 is 0 Å². The lowest BCUT2D eigenvalue weighted by Crippen LogP contribution is -2.43. The lowest BCUT2D eigenvalue weighted by molar-refractivity contribution is 0.301. The van der Waals surface area contributed by atoms with Crippen molar-refractivity contribution < 1.29 is 0 Å². The summed E-state index contributed by atoms with van der Waals surface area (Å²) in [6, 6.07) is 0.662. The fourth-order valence-electron chi connectivity index (χ4n) is 1.61. The Bertz CT molecular complexity index is 169. The molecule has 0 heterocycles. The van der Waals surface area contributed by atoms with Crippen LogP contribution in [0.3, 0.4) is 0 Å². The van der Waals surface area contributed by atoms with Gasteiger partial charge in [-0.2, -0.15) is 0 Å². The monoisotopic (exact) mass is 196 g/mol. The Morgan fingerprint density at radius 1 is 1.29 bits per heavy atom. The molecule has 0 saturated heterocycles.